The van der Waals surface area contributed by atoms with Gasteiger partial charge in [-0.05, 0) is 55.2 Å². The zero-order valence-electron chi connectivity index (χ0n) is 12.9. The molecule has 2 aromatic rings. The molecular formula is C18H22N2O. The van der Waals surface area contributed by atoms with Crippen LogP contribution in [0, 0.1) is 13.8 Å². The third-order valence-electron chi connectivity index (χ3n) is 3.63. The van der Waals surface area contributed by atoms with E-state index in [0.717, 1.165) is 23.4 Å². The summed E-state index contributed by atoms with van der Waals surface area (Å²) in [5, 5.41) is 6.11. The van der Waals surface area contributed by atoms with Crippen LogP contribution in [0.25, 0.3) is 0 Å². The number of rotatable bonds is 5. The SMILES string of the molecule is CCc1ccccc1NC(=O)CNc1ccc(C)c(C)c1. The molecule has 2 rings (SSSR count). The molecule has 0 aliphatic heterocycles. The minimum absolute atomic E-state index is 0.0332. The van der Waals surface area contributed by atoms with E-state index in [1.165, 1.54) is 11.1 Å². The third-order valence-corrected chi connectivity index (χ3v) is 3.63. The van der Waals surface area contributed by atoms with E-state index in [9.17, 15) is 4.79 Å². The third kappa shape index (κ3) is 4.09. The second kappa shape index (κ2) is 6.93. The summed E-state index contributed by atoms with van der Waals surface area (Å²) in [5.41, 5.74) is 5.49. The molecule has 0 aliphatic carbocycles. The molecule has 0 heterocycles. The van der Waals surface area contributed by atoms with Crippen LogP contribution in [-0.4, -0.2) is 12.5 Å². The second-order valence-corrected chi connectivity index (χ2v) is 5.21. The molecule has 0 saturated heterocycles. The van der Waals surface area contributed by atoms with Crippen molar-refractivity contribution in [2.75, 3.05) is 17.2 Å². The Morgan fingerprint density at radius 3 is 2.52 bits per heavy atom. The first kappa shape index (κ1) is 15.1. The van der Waals surface area contributed by atoms with E-state index in [1.807, 2.05) is 30.3 Å². The molecule has 3 heteroatoms. The molecule has 0 atom stereocenters. The van der Waals surface area contributed by atoms with Crippen molar-refractivity contribution >= 4 is 17.3 Å². The van der Waals surface area contributed by atoms with Gasteiger partial charge >= 0.3 is 0 Å². The molecule has 0 radical (unpaired) electrons. The number of amides is 1. The first-order valence-electron chi connectivity index (χ1n) is 7.29. The van der Waals surface area contributed by atoms with Gasteiger partial charge in [0.15, 0.2) is 0 Å². The molecule has 21 heavy (non-hydrogen) atoms. The molecule has 0 fully saturated rings. The number of hydrogen-bond acceptors (Lipinski definition) is 2. The van der Waals surface area contributed by atoms with Crippen LogP contribution >= 0.6 is 0 Å². The Bertz CT molecular complexity index is 635. The van der Waals surface area contributed by atoms with E-state index in [1.54, 1.807) is 0 Å². The van der Waals surface area contributed by atoms with Gasteiger partial charge in [-0.25, -0.2) is 0 Å². The van der Waals surface area contributed by atoms with E-state index < -0.39 is 0 Å². The lowest BCUT2D eigenvalue weighted by Crippen LogP contribution is -2.22. The molecule has 0 aliphatic rings. The molecule has 2 N–H and O–H groups in total. The number of anilines is 2. The van der Waals surface area contributed by atoms with E-state index >= 15 is 0 Å². The Morgan fingerprint density at radius 2 is 1.81 bits per heavy atom. The molecule has 0 aromatic heterocycles. The van der Waals surface area contributed by atoms with Gasteiger partial charge in [-0.3, -0.25) is 4.79 Å². The Hall–Kier alpha value is -2.29. The van der Waals surface area contributed by atoms with Crippen LogP contribution in [0.4, 0.5) is 11.4 Å². The molecule has 2 aromatic carbocycles. The van der Waals surface area contributed by atoms with Gasteiger partial charge in [-0.15, -0.1) is 0 Å². The monoisotopic (exact) mass is 282 g/mol. The summed E-state index contributed by atoms with van der Waals surface area (Å²) in [6, 6.07) is 14.0. The highest BCUT2D eigenvalue weighted by atomic mass is 16.1. The molecule has 0 spiro atoms. The quantitative estimate of drug-likeness (QED) is 0.872. The highest BCUT2D eigenvalue weighted by Crippen LogP contribution is 2.16. The van der Waals surface area contributed by atoms with Gasteiger partial charge in [0.1, 0.15) is 0 Å². The summed E-state index contributed by atoms with van der Waals surface area (Å²) in [6.45, 7) is 6.49. The lowest BCUT2D eigenvalue weighted by Gasteiger charge is -2.11. The first-order chi connectivity index (χ1) is 10.1. The average Bonchev–Trinajstić information content (AvgIpc) is 2.49. The minimum atomic E-state index is -0.0332. The number of carbonyl (C=O) groups excluding carboxylic acids is 1. The highest BCUT2D eigenvalue weighted by molar-refractivity contribution is 5.94. The zero-order valence-corrected chi connectivity index (χ0v) is 12.9. The molecule has 0 saturated carbocycles. The van der Waals surface area contributed by atoms with Gasteiger partial charge < -0.3 is 10.6 Å². The number of benzene rings is 2. The van der Waals surface area contributed by atoms with E-state index in [4.69, 9.17) is 0 Å². The van der Waals surface area contributed by atoms with Gasteiger partial charge in [0, 0.05) is 11.4 Å². The van der Waals surface area contributed by atoms with Crippen molar-refractivity contribution in [1.82, 2.24) is 0 Å². The van der Waals surface area contributed by atoms with Crippen LogP contribution in [0.1, 0.15) is 23.6 Å². The molecule has 0 unspecified atom stereocenters. The van der Waals surface area contributed by atoms with Crippen molar-refractivity contribution < 1.29 is 4.79 Å². The van der Waals surface area contributed by atoms with Crippen LogP contribution in [0.3, 0.4) is 0 Å². The van der Waals surface area contributed by atoms with Crippen molar-refractivity contribution in [3.63, 3.8) is 0 Å². The number of nitrogens with one attached hydrogen (secondary N) is 2. The summed E-state index contributed by atoms with van der Waals surface area (Å²) in [7, 11) is 0. The number of para-hydroxylation sites is 1. The smallest absolute Gasteiger partial charge is 0.243 e. The van der Waals surface area contributed by atoms with Crippen molar-refractivity contribution in [3.8, 4) is 0 Å². The summed E-state index contributed by atoms with van der Waals surface area (Å²) in [4.78, 5) is 12.0. The second-order valence-electron chi connectivity index (χ2n) is 5.21. The number of hydrogen-bond donors (Lipinski definition) is 2. The van der Waals surface area contributed by atoms with Gasteiger partial charge in [0.25, 0.3) is 0 Å². The Balaban J connectivity index is 1.94. The van der Waals surface area contributed by atoms with E-state index in [0.29, 0.717) is 0 Å². The summed E-state index contributed by atoms with van der Waals surface area (Å²) in [5.74, 6) is -0.0332. The summed E-state index contributed by atoms with van der Waals surface area (Å²) >= 11 is 0. The standard InChI is InChI=1S/C18H22N2O/c1-4-15-7-5-6-8-17(15)20-18(21)12-19-16-10-9-13(2)14(3)11-16/h5-11,19H,4,12H2,1-3H3,(H,20,21). The lowest BCUT2D eigenvalue weighted by atomic mass is 10.1. The Morgan fingerprint density at radius 1 is 1.05 bits per heavy atom. The van der Waals surface area contributed by atoms with Crippen LogP contribution in [-0.2, 0) is 11.2 Å². The molecule has 0 bridgehead atoms. The van der Waals surface area contributed by atoms with Crippen molar-refractivity contribution in [2.45, 2.75) is 27.2 Å². The number of carbonyl (C=O) groups is 1. The highest BCUT2D eigenvalue weighted by Gasteiger charge is 2.05. The molecular weight excluding hydrogens is 260 g/mol. The lowest BCUT2D eigenvalue weighted by molar-refractivity contribution is -0.114. The maximum atomic E-state index is 12.0. The van der Waals surface area contributed by atoms with Gasteiger partial charge in [0.2, 0.25) is 5.91 Å². The summed E-state index contributed by atoms with van der Waals surface area (Å²) < 4.78 is 0. The predicted octanol–water partition coefficient (Wildman–Crippen LogP) is 3.92. The van der Waals surface area contributed by atoms with Gasteiger partial charge in [-0.1, -0.05) is 31.2 Å². The molecule has 110 valence electrons. The first-order valence-corrected chi connectivity index (χ1v) is 7.29. The van der Waals surface area contributed by atoms with Crippen LogP contribution in [0.5, 0.6) is 0 Å². The van der Waals surface area contributed by atoms with Crippen LogP contribution < -0.4 is 10.6 Å². The maximum Gasteiger partial charge on any atom is 0.243 e. The predicted molar refractivity (Wildman–Crippen MR) is 88.9 cm³/mol. The fourth-order valence-electron chi connectivity index (χ4n) is 2.18. The van der Waals surface area contributed by atoms with E-state index in [2.05, 4.69) is 43.5 Å². The summed E-state index contributed by atoms with van der Waals surface area (Å²) in [6.07, 6.45) is 0.904. The van der Waals surface area contributed by atoms with Gasteiger partial charge in [-0.2, -0.15) is 0 Å². The average molecular weight is 282 g/mol. The fraction of sp³-hybridized carbons (Fsp3) is 0.278. The van der Waals surface area contributed by atoms with Crippen LogP contribution in [0.15, 0.2) is 42.5 Å². The van der Waals surface area contributed by atoms with Gasteiger partial charge in [0.05, 0.1) is 6.54 Å². The van der Waals surface area contributed by atoms with Crippen molar-refractivity contribution in [1.29, 1.82) is 0 Å². The maximum absolute atomic E-state index is 12.0. The Kier molecular flexibility index (Phi) is 4.99. The topological polar surface area (TPSA) is 41.1 Å². The largest absolute Gasteiger partial charge is 0.376 e. The van der Waals surface area contributed by atoms with Crippen molar-refractivity contribution in [3.05, 3.63) is 59.2 Å². The Labute approximate surface area is 126 Å². The van der Waals surface area contributed by atoms with Crippen LogP contribution in [0.2, 0.25) is 0 Å². The normalized spacial score (nSPS) is 10.2. The minimum Gasteiger partial charge on any atom is -0.376 e. The molecule has 1 amide bonds. The zero-order chi connectivity index (χ0) is 15.2. The number of aryl methyl sites for hydroxylation is 3. The fourth-order valence-corrected chi connectivity index (χ4v) is 2.18. The van der Waals surface area contributed by atoms with Crippen molar-refractivity contribution in [2.24, 2.45) is 0 Å². The van der Waals surface area contributed by atoms with E-state index in [-0.39, 0.29) is 12.5 Å². The molecule has 3 nitrogen and oxygen atoms in total.